The zero-order chi connectivity index (χ0) is 14.1. The molecular weight excluding hydrogens is 338 g/mol. The molecular formula is C15H18BrNO2S. The van der Waals surface area contributed by atoms with Crippen LogP contribution in [0.25, 0.3) is 0 Å². The van der Waals surface area contributed by atoms with Gasteiger partial charge in [0.15, 0.2) is 0 Å². The quantitative estimate of drug-likeness (QED) is 0.807. The van der Waals surface area contributed by atoms with Gasteiger partial charge in [-0.3, -0.25) is 9.59 Å². The fourth-order valence-electron chi connectivity index (χ4n) is 3.47. The smallest absolute Gasteiger partial charge is 0.255 e. The summed E-state index contributed by atoms with van der Waals surface area (Å²) in [5.41, 5.74) is 0.747. The van der Waals surface area contributed by atoms with Gasteiger partial charge >= 0.3 is 0 Å². The Labute approximate surface area is 131 Å². The van der Waals surface area contributed by atoms with E-state index in [0.29, 0.717) is 12.2 Å². The van der Waals surface area contributed by atoms with Crippen LogP contribution < -0.4 is 0 Å². The molecule has 20 heavy (non-hydrogen) atoms. The average molecular weight is 356 g/mol. The van der Waals surface area contributed by atoms with Crippen molar-refractivity contribution in [3.63, 3.8) is 0 Å². The van der Waals surface area contributed by atoms with E-state index in [1.165, 1.54) is 11.3 Å². The average Bonchev–Trinajstić information content (AvgIpc) is 3.07. The topological polar surface area (TPSA) is 37.4 Å². The van der Waals surface area contributed by atoms with Crippen molar-refractivity contribution in [3.8, 4) is 0 Å². The predicted molar refractivity (Wildman–Crippen MR) is 83.0 cm³/mol. The zero-order valence-electron chi connectivity index (χ0n) is 11.3. The van der Waals surface area contributed by atoms with Gasteiger partial charge in [-0.2, -0.15) is 0 Å². The molecule has 2 heterocycles. The highest BCUT2D eigenvalue weighted by Crippen LogP contribution is 2.34. The van der Waals surface area contributed by atoms with Crippen molar-refractivity contribution in [1.82, 2.24) is 4.90 Å². The van der Waals surface area contributed by atoms with Crippen LogP contribution in [0.1, 0.15) is 48.9 Å². The van der Waals surface area contributed by atoms with Crippen LogP contribution >= 0.6 is 27.3 Å². The summed E-state index contributed by atoms with van der Waals surface area (Å²) in [6, 6.07) is 2.01. The van der Waals surface area contributed by atoms with Crippen LogP contribution in [-0.2, 0) is 4.79 Å². The second-order valence-corrected chi connectivity index (χ2v) is 7.96. The maximum Gasteiger partial charge on any atom is 0.255 e. The third kappa shape index (κ3) is 2.70. The predicted octanol–water partition coefficient (Wildman–Crippen LogP) is 3.87. The van der Waals surface area contributed by atoms with Gasteiger partial charge in [-0.25, -0.2) is 0 Å². The molecule has 1 aliphatic carbocycles. The van der Waals surface area contributed by atoms with Gasteiger partial charge in [0.1, 0.15) is 5.78 Å². The van der Waals surface area contributed by atoms with Crippen molar-refractivity contribution < 1.29 is 9.59 Å². The van der Waals surface area contributed by atoms with Crippen molar-refractivity contribution >= 4 is 39.0 Å². The molecule has 1 amide bonds. The highest BCUT2D eigenvalue weighted by Gasteiger charge is 2.39. The summed E-state index contributed by atoms with van der Waals surface area (Å²) in [5, 5.41) is 1.89. The normalized spacial score (nSPS) is 27.1. The van der Waals surface area contributed by atoms with Gasteiger partial charge in [0.05, 0.1) is 9.35 Å². The number of thiophene rings is 1. The van der Waals surface area contributed by atoms with E-state index in [4.69, 9.17) is 0 Å². The number of carbonyl (C=O) groups is 2. The van der Waals surface area contributed by atoms with E-state index in [1.54, 1.807) is 0 Å². The Morgan fingerprint density at radius 2 is 2.15 bits per heavy atom. The minimum absolute atomic E-state index is 0.0808. The second kappa shape index (κ2) is 5.98. The molecule has 3 rings (SSSR count). The number of halogens is 1. The van der Waals surface area contributed by atoms with Crippen molar-refractivity contribution in [1.29, 1.82) is 0 Å². The lowest BCUT2D eigenvalue weighted by Gasteiger charge is -2.33. The molecule has 5 heteroatoms. The van der Waals surface area contributed by atoms with E-state index in [0.717, 1.165) is 48.0 Å². The number of carbonyl (C=O) groups excluding carboxylic acids is 2. The second-order valence-electron chi connectivity index (χ2n) is 5.67. The maximum atomic E-state index is 12.6. The van der Waals surface area contributed by atoms with E-state index in [-0.39, 0.29) is 17.9 Å². The lowest BCUT2D eigenvalue weighted by Crippen LogP contribution is -2.43. The number of likely N-dealkylation sites (tertiary alicyclic amines) is 1. The Bertz CT molecular complexity index is 528. The molecule has 3 nitrogen and oxygen atoms in total. The third-order valence-corrected chi connectivity index (χ3v) is 5.95. The van der Waals surface area contributed by atoms with Crippen molar-refractivity contribution in [3.05, 3.63) is 20.8 Å². The molecule has 1 aromatic rings. The first-order valence-corrected chi connectivity index (χ1v) is 8.92. The fourth-order valence-corrected chi connectivity index (χ4v) is 4.60. The highest BCUT2D eigenvalue weighted by molar-refractivity contribution is 9.11. The van der Waals surface area contributed by atoms with E-state index >= 15 is 0 Å². The molecule has 2 unspecified atom stereocenters. The SMILES string of the molecule is O=C1CCCCC1C1CCCN1C(=O)c1csc(Br)c1. The minimum Gasteiger partial charge on any atom is -0.335 e. The van der Waals surface area contributed by atoms with Crippen molar-refractivity contribution in [2.24, 2.45) is 5.92 Å². The van der Waals surface area contributed by atoms with Gasteiger partial charge in [-0.1, -0.05) is 6.42 Å². The van der Waals surface area contributed by atoms with Gasteiger partial charge < -0.3 is 4.90 Å². The summed E-state index contributed by atoms with van der Waals surface area (Å²) in [5.74, 6) is 0.539. The Balaban J connectivity index is 1.78. The van der Waals surface area contributed by atoms with Crippen LogP contribution in [0.15, 0.2) is 15.2 Å². The molecule has 2 atom stereocenters. The monoisotopic (exact) mass is 355 g/mol. The molecule has 1 saturated heterocycles. The fraction of sp³-hybridized carbons (Fsp3) is 0.600. The first kappa shape index (κ1) is 14.3. The van der Waals surface area contributed by atoms with Gasteiger partial charge in [-0.05, 0) is 47.7 Å². The van der Waals surface area contributed by atoms with Crippen molar-refractivity contribution in [2.45, 2.75) is 44.6 Å². The number of hydrogen-bond acceptors (Lipinski definition) is 3. The molecule has 1 aliphatic heterocycles. The molecule has 0 N–H and O–H groups in total. The van der Waals surface area contributed by atoms with Crippen LogP contribution in [-0.4, -0.2) is 29.2 Å². The molecule has 108 valence electrons. The van der Waals surface area contributed by atoms with E-state index < -0.39 is 0 Å². The van der Waals surface area contributed by atoms with Crippen LogP contribution in [0.4, 0.5) is 0 Å². The Kier molecular flexibility index (Phi) is 4.26. The number of hydrogen-bond donors (Lipinski definition) is 0. The standard InChI is InChI=1S/C15H18BrNO2S/c16-14-8-10(9-20-14)15(19)17-7-3-5-12(17)11-4-1-2-6-13(11)18/h8-9,11-12H,1-7H2. The Morgan fingerprint density at radius 3 is 2.85 bits per heavy atom. The number of amides is 1. The molecule has 2 aliphatic rings. The zero-order valence-corrected chi connectivity index (χ0v) is 13.7. The molecule has 1 saturated carbocycles. The van der Waals surface area contributed by atoms with Crippen LogP contribution in [0.5, 0.6) is 0 Å². The Morgan fingerprint density at radius 1 is 1.30 bits per heavy atom. The first-order valence-electron chi connectivity index (χ1n) is 7.24. The van der Waals surface area contributed by atoms with E-state index in [9.17, 15) is 9.59 Å². The van der Waals surface area contributed by atoms with Crippen LogP contribution in [0, 0.1) is 5.92 Å². The minimum atomic E-state index is 0.0808. The molecule has 0 spiro atoms. The number of ketones is 1. The largest absolute Gasteiger partial charge is 0.335 e. The molecule has 0 radical (unpaired) electrons. The maximum absolute atomic E-state index is 12.6. The lowest BCUT2D eigenvalue weighted by atomic mass is 9.81. The summed E-state index contributed by atoms with van der Waals surface area (Å²) in [6.45, 7) is 0.792. The van der Waals surface area contributed by atoms with Crippen molar-refractivity contribution in [2.75, 3.05) is 6.54 Å². The number of nitrogens with zero attached hydrogens (tertiary/aromatic N) is 1. The summed E-state index contributed by atoms with van der Waals surface area (Å²) in [6.07, 6.45) is 5.80. The highest BCUT2D eigenvalue weighted by atomic mass is 79.9. The Hall–Kier alpha value is -0.680. The number of rotatable bonds is 2. The van der Waals surface area contributed by atoms with Gasteiger partial charge in [-0.15, -0.1) is 11.3 Å². The summed E-state index contributed by atoms with van der Waals surface area (Å²) >= 11 is 4.94. The number of Topliss-reactive ketones (excluding diaryl/α,β-unsaturated/α-hetero) is 1. The van der Waals surface area contributed by atoms with Gasteiger partial charge in [0.25, 0.3) is 5.91 Å². The van der Waals surface area contributed by atoms with Crippen LogP contribution in [0.2, 0.25) is 0 Å². The first-order chi connectivity index (χ1) is 9.66. The molecule has 0 bridgehead atoms. The molecule has 0 aromatic carbocycles. The molecule has 1 aromatic heterocycles. The lowest BCUT2D eigenvalue weighted by molar-refractivity contribution is -0.126. The third-order valence-electron chi connectivity index (χ3n) is 4.44. The van der Waals surface area contributed by atoms with E-state index in [2.05, 4.69) is 15.9 Å². The molecule has 2 fully saturated rings. The van der Waals surface area contributed by atoms with Gasteiger partial charge in [0, 0.05) is 30.3 Å². The van der Waals surface area contributed by atoms with E-state index in [1.807, 2.05) is 16.3 Å². The van der Waals surface area contributed by atoms with Crippen LogP contribution in [0.3, 0.4) is 0 Å². The van der Waals surface area contributed by atoms with Gasteiger partial charge in [0.2, 0.25) is 0 Å². The summed E-state index contributed by atoms with van der Waals surface area (Å²) in [4.78, 5) is 26.7. The summed E-state index contributed by atoms with van der Waals surface area (Å²) in [7, 11) is 0. The summed E-state index contributed by atoms with van der Waals surface area (Å²) < 4.78 is 0.977.